The van der Waals surface area contributed by atoms with Gasteiger partial charge in [0.1, 0.15) is 6.10 Å². The smallest absolute Gasteiger partial charge is 0.309 e. The maximum absolute atomic E-state index is 11.4. The lowest BCUT2D eigenvalue weighted by atomic mass is 9.72. The molecule has 3 unspecified atom stereocenters. The van der Waals surface area contributed by atoms with Crippen LogP contribution in [0.25, 0.3) is 0 Å². The summed E-state index contributed by atoms with van der Waals surface area (Å²) >= 11 is 0. The molecule has 0 N–H and O–H groups in total. The molecule has 0 aromatic heterocycles. The third-order valence-corrected chi connectivity index (χ3v) is 4.33. The van der Waals surface area contributed by atoms with Crippen LogP contribution in [0.15, 0.2) is 0 Å². The molecule has 1 saturated heterocycles. The van der Waals surface area contributed by atoms with E-state index in [9.17, 15) is 4.79 Å². The summed E-state index contributed by atoms with van der Waals surface area (Å²) in [4.78, 5) is 11.4. The topological polar surface area (TPSA) is 26.3 Å². The Labute approximate surface area is 72.3 Å². The molecule has 0 aromatic rings. The zero-order chi connectivity index (χ0) is 8.51. The van der Waals surface area contributed by atoms with E-state index < -0.39 is 0 Å². The molecule has 2 saturated carbocycles. The fourth-order valence-electron chi connectivity index (χ4n) is 3.52. The highest BCUT2D eigenvalue weighted by Crippen LogP contribution is 2.62. The van der Waals surface area contributed by atoms with E-state index >= 15 is 0 Å². The van der Waals surface area contributed by atoms with Crippen LogP contribution in [0, 0.1) is 23.2 Å². The lowest BCUT2D eigenvalue weighted by molar-refractivity contribution is -0.145. The molecule has 2 heteroatoms. The SMILES string of the molecule is CC1(C)C2OC(=O)C3C[C@H]1CC32. The zero-order valence-corrected chi connectivity index (χ0v) is 7.54. The monoisotopic (exact) mass is 166 g/mol. The number of ether oxygens (including phenoxy) is 1. The van der Waals surface area contributed by atoms with Crippen molar-refractivity contribution in [2.75, 3.05) is 0 Å². The van der Waals surface area contributed by atoms with Crippen molar-refractivity contribution in [1.29, 1.82) is 0 Å². The van der Waals surface area contributed by atoms with Gasteiger partial charge in [0.15, 0.2) is 0 Å². The van der Waals surface area contributed by atoms with Crippen LogP contribution in [0.4, 0.5) is 0 Å². The standard InChI is InChI=1S/C10H14O2/c1-10(2)5-3-6-7(4-5)9(11)12-8(6)10/h5-8H,3-4H2,1-2H3/t5-,6?,7?,8?/m1/s1. The number of rotatable bonds is 0. The number of carbonyl (C=O) groups excluding carboxylic acids is 1. The fourth-order valence-corrected chi connectivity index (χ4v) is 3.52. The van der Waals surface area contributed by atoms with Crippen molar-refractivity contribution in [3.05, 3.63) is 0 Å². The van der Waals surface area contributed by atoms with E-state index in [1.807, 2.05) is 0 Å². The average Bonchev–Trinajstić information content (AvgIpc) is 2.53. The lowest BCUT2D eigenvalue weighted by Gasteiger charge is -2.32. The zero-order valence-electron chi connectivity index (χ0n) is 7.54. The van der Waals surface area contributed by atoms with Crippen molar-refractivity contribution in [3.8, 4) is 0 Å². The molecular weight excluding hydrogens is 152 g/mol. The molecule has 66 valence electrons. The number of esters is 1. The van der Waals surface area contributed by atoms with Crippen molar-refractivity contribution in [2.24, 2.45) is 23.2 Å². The molecule has 1 aliphatic heterocycles. The van der Waals surface area contributed by atoms with Gasteiger partial charge in [-0.15, -0.1) is 0 Å². The Bertz CT molecular complexity index is 257. The molecule has 0 radical (unpaired) electrons. The van der Waals surface area contributed by atoms with Crippen molar-refractivity contribution in [2.45, 2.75) is 32.8 Å². The molecule has 2 aliphatic carbocycles. The van der Waals surface area contributed by atoms with E-state index in [1.165, 1.54) is 6.42 Å². The quantitative estimate of drug-likeness (QED) is 0.511. The Hall–Kier alpha value is -0.530. The molecule has 2 bridgehead atoms. The molecule has 3 rings (SSSR count). The summed E-state index contributed by atoms with van der Waals surface area (Å²) in [6, 6.07) is 0. The van der Waals surface area contributed by atoms with Gasteiger partial charge >= 0.3 is 5.97 Å². The minimum Gasteiger partial charge on any atom is -0.461 e. The summed E-state index contributed by atoms with van der Waals surface area (Å²) in [6.45, 7) is 4.49. The van der Waals surface area contributed by atoms with E-state index in [0.29, 0.717) is 5.92 Å². The summed E-state index contributed by atoms with van der Waals surface area (Å²) in [5.41, 5.74) is 0.257. The first-order valence-corrected chi connectivity index (χ1v) is 4.81. The van der Waals surface area contributed by atoms with Crippen LogP contribution in [0.1, 0.15) is 26.7 Å². The summed E-state index contributed by atoms with van der Waals surface area (Å²) < 4.78 is 5.42. The second kappa shape index (κ2) is 1.70. The lowest BCUT2D eigenvalue weighted by Crippen LogP contribution is -2.34. The van der Waals surface area contributed by atoms with Gasteiger partial charge in [0, 0.05) is 11.3 Å². The average molecular weight is 166 g/mol. The van der Waals surface area contributed by atoms with Crippen LogP contribution in [0.3, 0.4) is 0 Å². The molecule has 12 heavy (non-hydrogen) atoms. The van der Waals surface area contributed by atoms with Gasteiger partial charge in [-0.1, -0.05) is 13.8 Å². The van der Waals surface area contributed by atoms with Gasteiger partial charge in [0.2, 0.25) is 0 Å². The van der Waals surface area contributed by atoms with Gasteiger partial charge < -0.3 is 4.74 Å². The largest absolute Gasteiger partial charge is 0.461 e. The maximum atomic E-state index is 11.4. The van der Waals surface area contributed by atoms with Crippen molar-refractivity contribution in [1.82, 2.24) is 0 Å². The minimum absolute atomic E-state index is 0.0816. The highest BCUT2D eigenvalue weighted by Gasteiger charge is 2.65. The Kier molecular flexibility index (Phi) is 0.984. The molecule has 0 amide bonds. The molecule has 0 aromatic carbocycles. The van der Waals surface area contributed by atoms with Gasteiger partial charge in [-0.3, -0.25) is 4.79 Å². The molecule has 2 nitrogen and oxygen atoms in total. The second-order valence-electron chi connectivity index (χ2n) is 5.12. The van der Waals surface area contributed by atoms with Crippen LogP contribution >= 0.6 is 0 Å². The number of carbonyl (C=O) groups is 1. The second-order valence-corrected chi connectivity index (χ2v) is 5.12. The van der Waals surface area contributed by atoms with E-state index in [-0.39, 0.29) is 23.4 Å². The van der Waals surface area contributed by atoms with Crippen LogP contribution in [-0.2, 0) is 9.53 Å². The first-order chi connectivity index (χ1) is 5.60. The van der Waals surface area contributed by atoms with Crippen LogP contribution in [0.2, 0.25) is 0 Å². The fraction of sp³-hybridized carbons (Fsp3) is 0.900. The number of fused-ring (bicyclic) bond motifs is 1. The third kappa shape index (κ3) is 0.540. The normalized spacial score (nSPS) is 53.0. The summed E-state index contributed by atoms with van der Waals surface area (Å²) in [5, 5.41) is 0. The summed E-state index contributed by atoms with van der Waals surface area (Å²) in [5.74, 6) is 1.66. The first kappa shape index (κ1) is 6.93. The van der Waals surface area contributed by atoms with Crippen LogP contribution in [-0.4, -0.2) is 12.1 Å². The Morgan fingerprint density at radius 1 is 1.42 bits per heavy atom. The van der Waals surface area contributed by atoms with E-state index in [0.717, 1.165) is 12.3 Å². The predicted molar refractivity (Wildman–Crippen MR) is 43.4 cm³/mol. The van der Waals surface area contributed by atoms with Gasteiger partial charge in [-0.05, 0) is 18.8 Å². The number of hydrogen-bond donors (Lipinski definition) is 0. The molecule has 1 heterocycles. The first-order valence-electron chi connectivity index (χ1n) is 4.81. The molecular formula is C10H14O2. The molecule has 3 aliphatic rings. The Morgan fingerprint density at radius 3 is 2.75 bits per heavy atom. The van der Waals surface area contributed by atoms with Gasteiger partial charge in [-0.25, -0.2) is 0 Å². The Morgan fingerprint density at radius 2 is 2.17 bits per heavy atom. The van der Waals surface area contributed by atoms with E-state index in [1.54, 1.807) is 0 Å². The summed E-state index contributed by atoms with van der Waals surface area (Å²) in [6.07, 6.45) is 2.56. The van der Waals surface area contributed by atoms with E-state index in [4.69, 9.17) is 4.74 Å². The van der Waals surface area contributed by atoms with Crippen molar-refractivity contribution in [3.63, 3.8) is 0 Å². The highest BCUT2D eigenvalue weighted by molar-refractivity contribution is 5.76. The summed E-state index contributed by atoms with van der Waals surface area (Å²) in [7, 11) is 0. The molecule has 0 spiro atoms. The molecule has 3 fully saturated rings. The van der Waals surface area contributed by atoms with Gasteiger partial charge in [-0.2, -0.15) is 0 Å². The van der Waals surface area contributed by atoms with E-state index in [2.05, 4.69) is 13.8 Å². The number of hydrogen-bond acceptors (Lipinski definition) is 2. The third-order valence-electron chi connectivity index (χ3n) is 4.33. The van der Waals surface area contributed by atoms with Gasteiger partial charge in [0.25, 0.3) is 0 Å². The highest BCUT2D eigenvalue weighted by atomic mass is 16.6. The van der Waals surface area contributed by atoms with Crippen molar-refractivity contribution < 1.29 is 9.53 Å². The molecule has 4 atom stereocenters. The van der Waals surface area contributed by atoms with Crippen molar-refractivity contribution >= 4 is 5.97 Å². The van der Waals surface area contributed by atoms with Crippen LogP contribution in [0.5, 0.6) is 0 Å². The predicted octanol–water partition coefficient (Wildman–Crippen LogP) is 1.59. The van der Waals surface area contributed by atoms with Gasteiger partial charge in [0.05, 0.1) is 5.92 Å². The minimum atomic E-state index is 0.0816. The maximum Gasteiger partial charge on any atom is 0.309 e. The van der Waals surface area contributed by atoms with Crippen LogP contribution < -0.4 is 0 Å². The Balaban J connectivity index is 2.07.